The van der Waals surface area contributed by atoms with Crippen LogP contribution in [0.1, 0.15) is 27.1 Å². The van der Waals surface area contributed by atoms with Crippen LogP contribution in [0.4, 0.5) is 0 Å². The Bertz CT molecular complexity index is 785. The van der Waals surface area contributed by atoms with Crippen molar-refractivity contribution in [2.24, 2.45) is 11.8 Å². The molecular formula is C22H24O6. The summed E-state index contributed by atoms with van der Waals surface area (Å²) in [6, 6.07) is 17.6. The summed E-state index contributed by atoms with van der Waals surface area (Å²) < 4.78 is 22.0. The number of hydrogen-bond donors (Lipinski definition) is 0. The Morgan fingerprint density at radius 2 is 1.29 bits per heavy atom. The van der Waals surface area contributed by atoms with E-state index in [-0.39, 0.29) is 31.0 Å². The van der Waals surface area contributed by atoms with Crippen LogP contribution in [0.2, 0.25) is 0 Å². The molecule has 0 unspecified atom stereocenters. The molecule has 0 heterocycles. The molecule has 3 rings (SSSR count). The van der Waals surface area contributed by atoms with Crippen LogP contribution in [0, 0.1) is 11.8 Å². The van der Waals surface area contributed by atoms with E-state index in [1.54, 1.807) is 62.8 Å². The number of carbonyl (C=O) groups excluding carboxylic acids is 2. The standard InChI is InChI=1S/C22H24O6/c1-25-22(26-2)13-18(14-27-20(23)16-9-5-3-6-10-16)19(22)15-28-21(24)17-11-7-4-8-12-17/h3-12,18-19H,13-15H2,1-2H3/t18-,19-/m1/s1. The van der Waals surface area contributed by atoms with Crippen LogP contribution in [-0.2, 0) is 18.9 Å². The van der Waals surface area contributed by atoms with Gasteiger partial charge in [0.15, 0.2) is 5.79 Å². The molecule has 0 spiro atoms. The molecule has 6 nitrogen and oxygen atoms in total. The van der Waals surface area contributed by atoms with E-state index in [1.807, 2.05) is 12.1 Å². The van der Waals surface area contributed by atoms with Crippen molar-refractivity contribution in [2.75, 3.05) is 27.4 Å². The van der Waals surface area contributed by atoms with Gasteiger partial charge in [0.2, 0.25) is 0 Å². The second-order valence-electron chi connectivity index (χ2n) is 6.72. The van der Waals surface area contributed by atoms with E-state index in [2.05, 4.69) is 0 Å². The maximum Gasteiger partial charge on any atom is 0.338 e. The number of esters is 2. The minimum Gasteiger partial charge on any atom is -0.462 e. The van der Waals surface area contributed by atoms with Gasteiger partial charge in [-0.15, -0.1) is 0 Å². The van der Waals surface area contributed by atoms with Crippen molar-refractivity contribution in [3.8, 4) is 0 Å². The number of rotatable bonds is 8. The molecule has 0 bridgehead atoms. The maximum atomic E-state index is 12.2. The van der Waals surface area contributed by atoms with Crippen molar-refractivity contribution in [1.82, 2.24) is 0 Å². The van der Waals surface area contributed by atoms with Gasteiger partial charge < -0.3 is 18.9 Å². The van der Waals surface area contributed by atoms with Crippen molar-refractivity contribution in [3.63, 3.8) is 0 Å². The largest absolute Gasteiger partial charge is 0.462 e. The zero-order chi connectivity index (χ0) is 20.0. The average molecular weight is 384 g/mol. The lowest BCUT2D eigenvalue weighted by Gasteiger charge is -2.51. The smallest absolute Gasteiger partial charge is 0.338 e. The topological polar surface area (TPSA) is 71.1 Å². The first-order chi connectivity index (χ1) is 13.6. The molecular weight excluding hydrogens is 360 g/mol. The fraction of sp³-hybridized carbons (Fsp3) is 0.364. The van der Waals surface area contributed by atoms with Gasteiger partial charge in [-0.25, -0.2) is 9.59 Å². The Morgan fingerprint density at radius 1 is 0.821 bits per heavy atom. The number of hydrogen-bond acceptors (Lipinski definition) is 6. The van der Waals surface area contributed by atoms with Gasteiger partial charge in [0.05, 0.1) is 23.7 Å². The van der Waals surface area contributed by atoms with E-state index in [9.17, 15) is 9.59 Å². The molecule has 0 aromatic heterocycles. The number of ether oxygens (including phenoxy) is 4. The average Bonchev–Trinajstić information content (AvgIpc) is 2.74. The van der Waals surface area contributed by atoms with E-state index < -0.39 is 11.8 Å². The van der Waals surface area contributed by atoms with E-state index in [1.165, 1.54) is 0 Å². The normalized spacial score (nSPS) is 20.1. The minimum absolute atomic E-state index is 0.0314. The molecule has 1 fully saturated rings. The highest BCUT2D eigenvalue weighted by Gasteiger charge is 2.56. The Kier molecular flexibility index (Phi) is 6.44. The first kappa shape index (κ1) is 20.0. The lowest BCUT2D eigenvalue weighted by Crippen LogP contribution is -2.60. The molecule has 0 aliphatic heterocycles. The summed E-state index contributed by atoms with van der Waals surface area (Å²) >= 11 is 0. The molecule has 0 amide bonds. The predicted molar refractivity (Wildman–Crippen MR) is 102 cm³/mol. The molecule has 2 aromatic carbocycles. The van der Waals surface area contributed by atoms with E-state index in [0.29, 0.717) is 17.5 Å². The van der Waals surface area contributed by atoms with Crippen molar-refractivity contribution in [3.05, 3.63) is 71.8 Å². The third kappa shape index (κ3) is 4.24. The van der Waals surface area contributed by atoms with Crippen LogP contribution in [0.25, 0.3) is 0 Å². The quantitative estimate of drug-likeness (QED) is 0.514. The molecule has 148 valence electrons. The first-order valence-electron chi connectivity index (χ1n) is 9.14. The summed E-state index contributed by atoms with van der Waals surface area (Å²) in [5, 5.41) is 0. The van der Waals surface area contributed by atoms with Gasteiger partial charge in [0.1, 0.15) is 6.61 Å². The van der Waals surface area contributed by atoms with Crippen LogP contribution in [-0.4, -0.2) is 45.2 Å². The highest BCUT2D eigenvalue weighted by atomic mass is 16.7. The molecule has 2 atom stereocenters. The summed E-state index contributed by atoms with van der Waals surface area (Å²) in [5.74, 6) is -1.91. The van der Waals surface area contributed by atoms with E-state index >= 15 is 0 Å². The predicted octanol–water partition coefficient (Wildman–Crippen LogP) is 3.33. The summed E-state index contributed by atoms with van der Waals surface area (Å²) in [7, 11) is 3.11. The van der Waals surface area contributed by atoms with Crippen LogP contribution < -0.4 is 0 Å². The highest BCUT2D eigenvalue weighted by molar-refractivity contribution is 5.89. The summed E-state index contributed by atoms with van der Waals surface area (Å²) in [4.78, 5) is 24.4. The number of benzene rings is 2. The molecule has 1 aliphatic carbocycles. The lowest BCUT2D eigenvalue weighted by molar-refractivity contribution is -0.319. The molecule has 1 saturated carbocycles. The van der Waals surface area contributed by atoms with Crippen molar-refractivity contribution < 1.29 is 28.5 Å². The van der Waals surface area contributed by atoms with Gasteiger partial charge >= 0.3 is 11.9 Å². The monoisotopic (exact) mass is 384 g/mol. The molecule has 6 heteroatoms. The van der Waals surface area contributed by atoms with Gasteiger partial charge in [-0.3, -0.25) is 0 Å². The van der Waals surface area contributed by atoms with E-state index in [4.69, 9.17) is 18.9 Å². The summed E-state index contributed by atoms with van der Waals surface area (Å²) in [5.41, 5.74) is 0.980. The Hall–Kier alpha value is -2.70. The maximum absolute atomic E-state index is 12.2. The fourth-order valence-corrected chi connectivity index (χ4v) is 3.51. The van der Waals surface area contributed by atoms with Gasteiger partial charge in [-0.1, -0.05) is 36.4 Å². The van der Waals surface area contributed by atoms with Gasteiger partial charge in [0, 0.05) is 26.6 Å². The van der Waals surface area contributed by atoms with Crippen LogP contribution in [0.3, 0.4) is 0 Å². The van der Waals surface area contributed by atoms with Gasteiger partial charge in [-0.05, 0) is 24.3 Å². The van der Waals surface area contributed by atoms with Gasteiger partial charge in [0.25, 0.3) is 0 Å². The highest BCUT2D eigenvalue weighted by Crippen LogP contribution is 2.47. The summed E-state index contributed by atoms with van der Waals surface area (Å²) in [6.45, 7) is 0.318. The van der Waals surface area contributed by atoms with Crippen LogP contribution in [0.5, 0.6) is 0 Å². The van der Waals surface area contributed by atoms with Crippen molar-refractivity contribution in [2.45, 2.75) is 12.2 Å². The van der Waals surface area contributed by atoms with E-state index in [0.717, 1.165) is 0 Å². The Balaban J connectivity index is 1.59. The zero-order valence-electron chi connectivity index (χ0n) is 16.0. The van der Waals surface area contributed by atoms with Crippen molar-refractivity contribution >= 4 is 11.9 Å². The number of methoxy groups -OCH3 is 2. The minimum atomic E-state index is -0.846. The molecule has 0 radical (unpaired) electrons. The Morgan fingerprint density at radius 3 is 1.75 bits per heavy atom. The van der Waals surface area contributed by atoms with Gasteiger partial charge in [-0.2, -0.15) is 0 Å². The molecule has 28 heavy (non-hydrogen) atoms. The van der Waals surface area contributed by atoms with Crippen molar-refractivity contribution in [1.29, 1.82) is 0 Å². The second kappa shape index (κ2) is 8.99. The fourth-order valence-electron chi connectivity index (χ4n) is 3.51. The lowest BCUT2D eigenvalue weighted by atomic mass is 9.68. The number of carbonyl (C=O) groups is 2. The first-order valence-corrected chi connectivity index (χ1v) is 9.14. The third-order valence-corrected chi connectivity index (χ3v) is 5.21. The molecule has 1 aliphatic rings. The van der Waals surface area contributed by atoms with Crippen LogP contribution in [0.15, 0.2) is 60.7 Å². The molecule has 0 N–H and O–H groups in total. The molecule has 2 aromatic rings. The molecule has 0 saturated heterocycles. The third-order valence-electron chi connectivity index (χ3n) is 5.21. The second-order valence-corrected chi connectivity index (χ2v) is 6.72. The zero-order valence-corrected chi connectivity index (χ0v) is 16.0. The SMILES string of the molecule is COC1(OC)C[C@H](COC(=O)c2ccccc2)[C@H]1COC(=O)c1ccccc1. The van der Waals surface area contributed by atoms with Crippen LogP contribution >= 0.6 is 0 Å². The Labute approximate surface area is 164 Å². The summed E-state index contributed by atoms with van der Waals surface area (Å²) in [6.07, 6.45) is 0.551.